The van der Waals surface area contributed by atoms with Gasteiger partial charge in [0.1, 0.15) is 6.04 Å². The minimum atomic E-state index is -0.194. The summed E-state index contributed by atoms with van der Waals surface area (Å²) >= 11 is 3.43. The normalized spacial score (nSPS) is 20.9. The van der Waals surface area contributed by atoms with Crippen molar-refractivity contribution in [1.82, 2.24) is 16.2 Å². The van der Waals surface area contributed by atoms with Gasteiger partial charge in [0.15, 0.2) is 0 Å². The lowest BCUT2D eigenvalue weighted by atomic mass is 10.0. The molecular formula is C17H26BrN3O2. The van der Waals surface area contributed by atoms with Gasteiger partial charge >= 0.3 is 0 Å². The van der Waals surface area contributed by atoms with Crippen LogP contribution in [0.25, 0.3) is 0 Å². The van der Waals surface area contributed by atoms with Crippen molar-refractivity contribution >= 4 is 21.8 Å². The molecule has 0 aliphatic carbocycles. The molecule has 6 heteroatoms. The number of ether oxygens (including phenoxy) is 1. The number of carbonyl (C=O) groups is 1. The molecule has 1 saturated heterocycles. The number of hydrogen-bond donors (Lipinski definition) is 3. The molecule has 1 amide bonds. The smallest absolute Gasteiger partial charge is 0.238 e. The lowest BCUT2D eigenvalue weighted by Gasteiger charge is -2.11. The molecule has 0 bridgehead atoms. The Bertz CT molecular complexity index is 493. The Labute approximate surface area is 146 Å². The second kappa shape index (κ2) is 9.37. The fourth-order valence-electron chi connectivity index (χ4n) is 2.47. The third-order valence-corrected chi connectivity index (χ3v) is 4.24. The highest BCUT2D eigenvalue weighted by Crippen LogP contribution is 2.23. The molecule has 0 saturated carbocycles. The number of carbonyl (C=O) groups excluding carboxylic acids is 1. The average molecular weight is 384 g/mol. The number of amides is 1. The molecule has 2 rings (SSSR count). The molecule has 1 heterocycles. The van der Waals surface area contributed by atoms with Crippen molar-refractivity contribution in [2.75, 3.05) is 19.8 Å². The molecule has 0 aromatic heterocycles. The highest BCUT2D eigenvalue weighted by Gasteiger charge is 2.29. The molecule has 1 aromatic rings. The lowest BCUT2D eigenvalue weighted by molar-refractivity contribution is -0.122. The van der Waals surface area contributed by atoms with Gasteiger partial charge in [-0.3, -0.25) is 4.79 Å². The summed E-state index contributed by atoms with van der Waals surface area (Å²) in [6, 6.07) is 8.13. The van der Waals surface area contributed by atoms with Gasteiger partial charge < -0.3 is 10.1 Å². The summed E-state index contributed by atoms with van der Waals surface area (Å²) in [5.74, 6) is 0.592. The Morgan fingerprint density at radius 2 is 2.09 bits per heavy atom. The highest BCUT2D eigenvalue weighted by atomic mass is 79.9. The van der Waals surface area contributed by atoms with Gasteiger partial charge in [0.05, 0.1) is 0 Å². The Hall–Kier alpha value is -0.950. The molecule has 1 aliphatic rings. The molecule has 2 atom stereocenters. The molecule has 23 heavy (non-hydrogen) atoms. The topological polar surface area (TPSA) is 62.4 Å². The van der Waals surface area contributed by atoms with Crippen molar-refractivity contribution in [3.8, 4) is 0 Å². The highest BCUT2D eigenvalue weighted by molar-refractivity contribution is 9.10. The van der Waals surface area contributed by atoms with Crippen LogP contribution in [0.3, 0.4) is 0 Å². The molecule has 1 fully saturated rings. The van der Waals surface area contributed by atoms with Crippen molar-refractivity contribution in [3.63, 3.8) is 0 Å². The second-order valence-corrected chi connectivity index (χ2v) is 7.21. The third kappa shape index (κ3) is 6.22. The van der Waals surface area contributed by atoms with Gasteiger partial charge in [-0.1, -0.05) is 41.9 Å². The Balaban J connectivity index is 1.65. The van der Waals surface area contributed by atoms with E-state index in [4.69, 9.17) is 4.74 Å². The maximum atomic E-state index is 12.2. The van der Waals surface area contributed by atoms with Crippen LogP contribution in [-0.2, 0) is 9.53 Å². The van der Waals surface area contributed by atoms with Crippen molar-refractivity contribution in [3.05, 3.63) is 34.3 Å². The van der Waals surface area contributed by atoms with Crippen LogP contribution in [0.4, 0.5) is 0 Å². The van der Waals surface area contributed by atoms with Gasteiger partial charge in [0.25, 0.3) is 0 Å². The first-order chi connectivity index (χ1) is 11.1. The fraction of sp³-hybridized carbons (Fsp3) is 0.588. The molecule has 2 unspecified atom stereocenters. The van der Waals surface area contributed by atoms with E-state index < -0.39 is 0 Å². The number of rotatable bonds is 8. The quantitative estimate of drug-likeness (QED) is 0.603. The predicted molar refractivity (Wildman–Crippen MR) is 94.8 cm³/mol. The van der Waals surface area contributed by atoms with Crippen molar-refractivity contribution in [2.45, 2.75) is 38.8 Å². The summed E-state index contributed by atoms with van der Waals surface area (Å²) in [5, 5.41) is 2.96. The summed E-state index contributed by atoms with van der Waals surface area (Å²) in [7, 11) is 0. The molecule has 3 N–H and O–H groups in total. The molecule has 1 aromatic carbocycles. The SMILES string of the molecule is CC(C)COCCCNC(=O)C1CC(c2ccc(Br)cc2)NN1. The largest absolute Gasteiger partial charge is 0.381 e. The van der Waals surface area contributed by atoms with E-state index in [2.05, 4.69) is 58.1 Å². The molecule has 0 spiro atoms. The first kappa shape index (κ1) is 18.4. The van der Waals surface area contributed by atoms with Crippen LogP contribution in [0.5, 0.6) is 0 Å². The number of hydrazine groups is 1. The van der Waals surface area contributed by atoms with E-state index in [0.29, 0.717) is 19.1 Å². The van der Waals surface area contributed by atoms with E-state index in [9.17, 15) is 4.79 Å². The zero-order valence-corrected chi connectivity index (χ0v) is 15.4. The number of halogens is 1. The zero-order valence-electron chi connectivity index (χ0n) is 13.8. The Morgan fingerprint density at radius 1 is 1.35 bits per heavy atom. The van der Waals surface area contributed by atoms with E-state index in [1.54, 1.807) is 0 Å². The van der Waals surface area contributed by atoms with Crippen molar-refractivity contribution in [1.29, 1.82) is 0 Å². The number of benzene rings is 1. The van der Waals surface area contributed by atoms with Gasteiger partial charge in [-0.15, -0.1) is 0 Å². The van der Waals surface area contributed by atoms with Gasteiger partial charge in [-0.2, -0.15) is 0 Å². The maximum Gasteiger partial charge on any atom is 0.238 e. The predicted octanol–water partition coefficient (Wildman–Crippen LogP) is 2.54. The maximum absolute atomic E-state index is 12.2. The molecule has 5 nitrogen and oxygen atoms in total. The van der Waals surface area contributed by atoms with Crippen LogP contribution in [0.1, 0.15) is 38.3 Å². The molecule has 0 radical (unpaired) electrons. The lowest BCUT2D eigenvalue weighted by Crippen LogP contribution is -2.43. The average Bonchev–Trinajstić information content (AvgIpc) is 3.01. The van der Waals surface area contributed by atoms with E-state index in [0.717, 1.165) is 23.9 Å². The second-order valence-electron chi connectivity index (χ2n) is 6.29. The van der Waals surface area contributed by atoms with Gasteiger partial charge in [-0.05, 0) is 36.5 Å². The summed E-state index contributed by atoms with van der Waals surface area (Å²) in [5.41, 5.74) is 7.46. The summed E-state index contributed by atoms with van der Waals surface area (Å²) in [6.45, 7) is 6.37. The summed E-state index contributed by atoms with van der Waals surface area (Å²) in [6.07, 6.45) is 1.59. The van der Waals surface area contributed by atoms with Crippen LogP contribution >= 0.6 is 15.9 Å². The molecule has 1 aliphatic heterocycles. The zero-order chi connectivity index (χ0) is 16.7. The van der Waals surface area contributed by atoms with E-state index >= 15 is 0 Å². The van der Waals surface area contributed by atoms with E-state index in [1.807, 2.05) is 12.1 Å². The van der Waals surface area contributed by atoms with Crippen LogP contribution in [0, 0.1) is 5.92 Å². The molecular weight excluding hydrogens is 358 g/mol. The van der Waals surface area contributed by atoms with Gasteiger partial charge in [-0.25, -0.2) is 10.9 Å². The van der Waals surface area contributed by atoms with Crippen LogP contribution < -0.4 is 16.2 Å². The number of hydrogen-bond acceptors (Lipinski definition) is 4. The summed E-state index contributed by atoms with van der Waals surface area (Å²) < 4.78 is 6.56. The Kier molecular flexibility index (Phi) is 7.49. The monoisotopic (exact) mass is 383 g/mol. The van der Waals surface area contributed by atoms with Crippen LogP contribution in [0.15, 0.2) is 28.7 Å². The first-order valence-electron chi connectivity index (χ1n) is 8.18. The van der Waals surface area contributed by atoms with E-state index in [1.165, 1.54) is 5.56 Å². The van der Waals surface area contributed by atoms with Crippen molar-refractivity contribution < 1.29 is 9.53 Å². The fourth-order valence-corrected chi connectivity index (χ4v) is 2.73. The van der Waals surface area contributed by atoms with Gasteiger partial charge in [0, 0.05) is 30.3 Å². The Morgan fingerprint density at radius 3 is 2.78 bits per heavy atom. The number of nitrogens with one attached hydrogen (secondary N) is 3. The summed E-state index contributed by atoms with van der Waals surface area (Å²) in [4.78, 5) is 12.2. The van der Waals surface area contributed by atoms with Gasteiger partial charge in [0.2, 0.25) is 5.91 Å². The van der Waals surface area contributed by atoms with Crippen molar-refractivity contribution in [2.24, 2.45) is 5.92 Å². The third-order valence-electron chi connectivity index (χ3n) is 3.71. The van der Waals surface area contributed by atoms with Crippen LogP contribution in [0.2, 0.25) is 0 Å². The first-order valence-corrected chi connectivity index (χ1v) is 8.97. The minimum absolute atomic E-state index is 0.0426. The minimum Gasteiger partial charge on any atom is -0.381 e. The van der Waals surface area contributed by atoms with E-state index in [-0.39, 0.29) is 18.0 Å². The standard InChI is InChI=1S/C17H26BrN3O2/c1-12(2)11-23-9-3-8-19-17(22)16-10-15(20-21-16)13-4-6-14(18)7-5-13/h4-7,12,15-16,20-21H,3,8-11H2,1-2H3,(H,19,22). The van der Waals surface area contributed by atoms with Crippen LogP contribution in [-0.4, -0.2) is 31.7 Å². The molecule has 128 valence electrons.